The Bertz CT molecular complexity index is 557. The van der Waals surface area contributed by atoms with Crippen molar-refractivity contribution in [3.05, 3.63) is 23.9 Å². The predicted octanol–water partition coefficient (Wildman–Crippen LogP) is 3.97. The van der Waals surface area contributed by atoms with Crippen molar-refractivity contribution < 1.29 is 14.2 Å². The summed E-state index contributed by atoms with van der Waals surface area (Å²) in [6.07, 6.45) is 5.18. The Morgan fingerprint density at radius 3 is 2.54 bits per heavy atom. The molecule has 0 radical (unpaired) electrons. The van der Waals surface area contributed by atoms with Crippen LogP contribution in [0.15, 0.2) is 18.3 Å². The first-order valence-corrected chi connectivity index (χ1v) is 8.73. The number of hydrogen-bond acceptors (Lipinski definition) is 4. The molecule has 1 aromatic rings. The number of pyridine rings is 1. The number of ether oxygens (including phenoxy) is 3. The van der Waals surface area contributed by atoms with Gasteiger partial charge in [-0.05, 0) is 40.7 Å². The molecule has 1 fully saturated rings. The molecule has 1 saturated carbocycles. The zero-order valence-electron chi connectivity index (χ0n) is 15.5. The molecule has 0 amide bonds. The second-order valence-corrected chi connectivity index (χ2v) is 7.42. The van der Waals surface area contributed by atoms with E-state index < -0.39 is 0 Å². The number of hydrogen-bond donors (Lipinski definition) is 0. The zero-order chi connectivity index (χ0) is 17.6. The summed E-state index contributed by atoms with van der Waals surface area (Å²) in [5.74, 6) is 6.87. The van der Waals surface area contributed by atoms with Crippen LogP contribution >= 0.6 is 0 Å². The Labute approximate surface area is 145 Å². The summed E-state index contributed by atoms with van der Waals surface area (Å²) in [6.45, 7) is 10.9. The summed E-state index contributed by atoms with van der Waals surface area (Å²) in [5.41, 5.74) is 0.788. The van der Waals surface area contributed by atoms with Gasteiger partial charge in [-0.3, -0.25) is 0 Å². The summed E-state index contributed by atoms with van der Waals surface area (Å²) >= 11 is 0. The van der Waals surface area contributed by atoms with Gasteiger partial charge in [0, 0.05) is 37.1 Å². The average molecular weight is 331 g/mol. The van der Waals surface area contributed by atoms with E-state index in [4.69, 9.17) is 14.2 Å². The van der Waals surface area contributed by atoms with Gasteiger partial charge >= 0.3 is 0 Å². The quantitative estimate of drug-likeness (QED) is 0.584. The predicted molar refractivity (Wildman–Crippen MR) is 95.1 cm³/mol. The zero-order valence-corrected chi connectivity index (χ0v) is 15.5. The topological polar surface area (TPSA) is 40.6 Å². The lowest BCUT2D eigenvalue weighted by Gasteiger charge is -2.35. The molecule has 0 atom stereocenters. The molecule has 1 aliphatic carbocycles. The number of aromatic nitrogens is 1. The van der Waals surface area contributed by atoms with Gasteiger partial charge in [-0.2, -0.15) is 0 Å². The molecule has 2 rings (SSSR count). The molecule has 0 aliphatic heterocycles. The Balaban J connectivity index is 1.70. The third-order valence-corrected chi connectivity index (χ3v) is 3.53. The molecule has 0 spiro atoms. The van der Waals surface area contributed by atoms with Gasteiger partial charge in [0.25, 0.3) is 0 Å². The van der Waals surface area contributed by atoms with E-state index in [1.807, 2.05) is 32.9 Å². The molecule has 0 aromatic carbocycles. The van der Waals surface area contributed by atoms with E-state index in [1.54, 1.807) is 6.20 Å². The van der Waals surface area contributed by atoms with Crippen molar-refractivity contribution in [2.45, 2.75) is 77.8 Å². The first-order chi connectivity index (χ1) is 11.3. The summed E-state index contributed by atoms with van der Waals surface area (Å²) < 4.78 is 17.2. The van der Waals surface area contributed by atoms with E-state index in [2.05, 4.69) is 30.7 Å². The second kappa shape index (κ2) is 8.50. The minimum absolute atomic E-state index is 0.108. The molecular formula is C20H29NO3. The summed E-state index contributed by atoms with van der Waals surface area (Å²) in [4.78, 5) is 4.33. The Kier molecular flexibility index (Phi) is 6.65. The second-order valence-electron chi connectivity index (χ2n) is 7.42. The van der Waals surface area contributed by atoms with Gasteiger partial charge in [0.15, 0.2) is 0 Å². The van der Waals surface area contributed by atoms with Crippen LogP contribution in [-0.4, -0.2) is 35.5 Å². The summed E-state index contributed by atoms with van der Waals surface area (Å²) in [7, 11) is 0. The van der Waals surface area contributed by atoms with Crippen LogP contribution in [0.5, 0.6) is 5.88 Å². The lowest BCUT2D eigenvalue weighted by molar-refractivity contribution is -0.0859. The van der Waals surface area contributed by atoms with Crippen LogP contribution in [0.4, 0.5) is 0 Å². The van der Waals surface area contributed by atoms with Crippen molar-refractivity contribution in [3.8, 4) is 17.7 Å². The summed E-state index contributed by atoms with van der Waals surface area (Å²) in [5, 5.41) is 0. The maximum atomic E-state index is 5.84. The first-order valence-electron chi connectivity index (χ1n) is 8.73. The summed E-state index contributed by atoms with van der Waals surface area (Å²) in [6, 6.07) is 3.83. The molecule has 0 bridgehead atoms. The molecule has 1 aromatic heterocycles. The van der Waals surface area contributed by atoms with Gasteiger partial charge in [-0.1, -0.05) is 11.8 Å². The Morgan fingerprint density at radius 1 is 1.21 bits per heavy atom. The molecule has 1 heterocycles. The van der Waals surface area contributed by atoms with Gasteiger partial charge in [-0.25, -0.2) is 4.98 Å². The average Bonchev–Trinajstić information content (AvgIpc) is 2.44. The number of rotatable bonds is 6. The van der Waals surface area contributed by atoms with E-state index in [-0.39, 0.29) is 17.8 Å². The van der Waals surface area contributed by atoms with E-state index in [0.717, 1.165) is 24.8 Å². The lowest BCUT2D eigenvalue weighted by atomic mass is 9.92. The van der Waals surface area contributed by atoms with Crippen molar-refractivity contribution in [1.82, 2.24) is 4.98 Å². The van der Waals surface area contributed by atoms with Gasteiger partial charge < -0.3 is 14.2 Å². The molecule has 132 valence electrons. The maximum absolute atomic E-state index is 5.84. The van der Waals surface area contributed by atoms with Gasteiger partial charge in [0.1, 0.15) is 6.10 Å². The number of nitrogens with zero attached hydrogens (tertiary/aromatic N) is 1. The van der Waals surface area contributed by atoms with Crippen molar-refractivity contribution in [3.63, 3.8) is 0 Å². The fraction of sp³-hybridized carbons (Fsp3) is 0.650. The molecule has 0 saturated heterocycles. The van der Waals surface area contributed by atoms with Crippen molar-refractivity contribution in [2.24, 2.45) is 0 Å². The van der Waals surface area contributed by atoms with E-state index >= 15 is 0 Å². The van der Waals surface area contributed by atoms with Crippen LogP contribution in [-0.2, 0) is 9.47 Å². The van der Waals surface area contributed by atoms with E-state index in [1.165, 1.54) is 0 Å². The van der Waals surface area contributed by atoms with Crippen molar-refractivity contribution >= 4 is 0 Å². The standard InChI is InChI=1S/C20H29NO3/c1-15(2)23-17-12-18(13-17)24-19-10-9-16(14-21-19)8-6-7-11-22-20(3,4)5/h9-10,14-15,17-18H,7,11-13H2,1-5H3. The Morgan fingerprint density at radius 2 is 1.96 bits per heavy atom. The highest BCUT2D eigenvalue weighted by Gasteiger charge is 2.32. The van der Waals surface area contributed by atoms with Crippen LogP contribution < -0.4 is 4.74 Å². The first kappa shape index (κ1) is 18.8. The highest BCUT2D eigenvalue weighted by molar-refractivity contribution is 5.33. The highest BCUT2D eigenvalue weighted by Crippen LogP contribution is 2.28. The minimum atomic E-state index is -0.108. The molecular weight excluding hydrogens is 302 g/mol. The third-order valence-electron chi connectivity index (χ3n) is 3.53. The van der Waals surface area contributed by atoms with Gasteiger partial charge in [-0.15, -0.1) is 0 Å². The van der Waals surface area contributed by atoms with Crippen LogP contribution in [0.25, 0.3) is 0 Å². The highest BCUT2D eigenvalue weighted by atomic mass is 16.5. The molecule has 4 heteroatoms. The molecule has 24 heavy (non-hydrogen) atoms. The lowest BCUT2D eigenvalue weighted by Crippen LogP contribution is -2.40. The molecule has 1 aliphatic rings. The SMILES string of the molecule is CC(C)OC1CC(Oc2ccc(C#CCCOC(C)(C)C)cn2)C1. The monoisotopic (exact) mass is 331 g/mol. The molecule has 4 nitrogen and oxygen atoms in total. The van der Waals surface area contributed by atoms with E-state index in [0.29, 0.717) is 18.6 Å². The molecule has 0 N–H and O–H groups in total. The fourth-order valence-corrected chi connectivity index (χ4v) is 2.38. The van der Waals surface area contributed by atoms with Crippen molar-refractivity contribution in [2.75, 3.05) is 6.61 Å². The van der Waals surface area contributed by atoms with Crippen LogP contribution in [0.1, 0.15) is 59.4 Å². The third kappa shape index (κ3) is 6.90. The van der Waals surface area contributed by atoms with Crippen LogP contribution in [0.2, 0.25) is 0 Å². The van der Waals surface area contributed by atoms with E-state index in [9.17, 15) is 0 Å². The molecule has 0 unspecified atom stereocenters. The largest absolute Gasteiger partial charge is 0.474 e. The van der Waals surface area contributed by atoms with Crippen LogP contribution in [0, 0.1) is 11.8 Å². The van der Waals surface area contributed by atoms with Crippen molar-refractivity contribution in [1.29, 1.82) is 0 Å². The van der Waals surface area contributed by atoms with Crippen LogP contribution in [0.3, 0.4) is 0 Å². The van der Waals surface area contributed by atoms with Gasteiger partial charge in [0.2, 0.25) is 5.88 Å². The maximum Gasteiger partial charge on any atom is 0.213 e. The smallest absolute Gasteiger partial charge is 0.213 e. The fourth-order valence-electron chi connectivity index (χ4n) is 2.38. The normalized spacial score (nSPS) is 20.2. The minimum Gasteiger partial charge on any atom is -0.474 e. The Hall–Kier alpha value is -1.57. The van der Waals surface area contributed by atoms with Gasteiger partial charge in [0.05, 0.1) is 24.4 Å².